The summed E-state index contributed by atoms with van der Waals surface area (Å²) < 4.78 is 2.70. The van der Waals surface area contributed by atoms with Crippen molar-refractivity contribution < 1.29 is 0 Å². The van der Waals surface area contributed by atoms with Crippen molar-refractivity contribution in [3.05, 3.63) is 68.4 Å². The van der Waals surface area contributed by atoms with E-state index in [9.17, 15) is 4.79 Å². The third kappa shape index (κ3) is 1.96. The Bertz CT molecular complexity index is 1080. The smallest absolute Gasteiger partial charge is 0.266 e. The van der Waals surface area contributed by atoms with Crippen LogP contribution in [0.1, 0.15) is 5.82 Å². The van der Waals surface area contributed by atoms with E-state index in [1.807, 2.05) is 55.6 Å². The molecule has 0 bridgehead atoms. The Morgan fingerprint density at radius 2 is 1.95 bits per heavy atom. The van der Waals surface area contributed by atoms with Gasteiger partial charge in [-0.3, -0.25) is 9.36 Å². The van der Waals surface area contributed by atoms with Gasteiger partial charge in [0.1, 0.15) is 5.82 Å². The van der Waals surface area contributed by atoms with Gasteiger partial charge in [-0.15, -0.1) is 0 Å². The highest BCUT2D eigenvalue weighted by Crippen LogP contribution is 2.22. The molecule has 2 heterocycles. The number of aromatic amines is 1. The van der Waals surface area contributed by atoms with E-state index in [2.05, 4.69) is 32.6 Å². The van der Waals surface area contributed by atoms with Gasteiger partial charge in [0.05, 0.1) is 16.6 Å². The number of rotatable bonds is 1. The van der Waals surface area contributed by atoms with Crippen molar-refractivity contribution in [3.63, 3.8) is 0 Å². The fourth-order valence-corrected chi connectivity index (χ4v) is 3.28. The lowest BCUT2D eigenvalue weighted by atomic mass is 10.2. The standard InChI is InChI=1S/C17H12IN3O/c1-10-20-15-7-6-11(18)8-13(15)17(22)21(10)16-9-19-14-5-3-2-4-12(14)16/h2-9,19H,1H3. The van der Waals surface area contributed by atoms with Gasteiger partial charge in [0.25, 0.3) is 5.56 Å². The van der Waals surface area contributed by atoms with E-state index < -0.39 is 0 Å². The Hall–Kier alpha value is -2.15. The molecule has 5 heteroatoms. The molecule has 0 radical (unpaired) electrons. The molecule has 2 aromatic carbocycles. The van der Waals surface area contributed by atoms with Crippen LogP contribution in [0.4, 0.5) is 0 Å². The Morgan fingerprint density at radius 1 is 1.14 bits per heavy atom. The summed E-state index contributed by atoms with van der Waals surface area (Å²) in [5, 5.41) is 1.65. The second-order valence-corrected chi connectivity index (χ2v) is 6.43. The van der Waals surface area contributed by atoms with Crippen molar-refractivity contribution in [1.82, 2.24) is 14.5 Å². The van der Waals surface area contributed by atoms with Gasteiger partial charge in [-0.2, -0.15) is 0 Å². The Balaban J connectivity index is 2.13. The van der Waals surface area contributed by atoms with Crippen molar-refractivity contribution in [2.75, 3.05) is 0 Å². The maximum Gasteiger partial charge on any atom is 0.266 e. The fraction of sp³-hybridized carbons (Fsp3) is 0.0588. The first-order valence-electron chi connectivity index (χ1n) is 6.90. The van der Waals surface area contributed by atoms with Crippen LogP contribution in [0.2, 0.25) is 0 Å². The van der Waals surface area contributed by atoms with Crippen LogP contribution in [-0.2, 0) is 0 Å². The third-order valence-corrected chi connectivity index (χ3v) is 4.48. The first kappa shape index (κ1) is 13.5. The zero-order valence-corrected chi connectivity index (χ0v) is 14.0. The highest BCUT2D eigenvalue weighted by molar-refractivity contribution is 14.1. The molecule has 0 aliphatic heterocycles. The monoisotopic (exact) mass is 401 g/mol. The number of nitrogens with one attached hydrogen (secondary N) is 1. The Labute approximate surface area is 139 Å². The molecule has 0 aliphatic carbocycles. The zero-order valence-electron chi connectivity index (χ0n) is 11.8. The largest absolute Gasteiger partial charge is 0.359 e. The second-order valence-electron chi connectivity index (χ2n) is 5.18. The van der Waals surface area contributed by atoms with Crippen LogP contribution >= 0.6 is 22.6 Å². The predicted octanol–water partition coefficient (Wildman–Crippen LogP) is 3.78. The van der Waals surface area contributed by atoms with Gasteiger partial charge < -0.3 is 4.98 Å². The molecule has 0 amide bonds. The number of fused-ring (bicyclic) bond motifs is 2. The summed E-state index contributed by atoms with van der Waals surface area (Å²) in [5.74, 6) is 0.684. The number of halogens is 1. The summed E-state index contributed by atoms with van der Waals surface area (Å²) in [6.07, 6.45) is 1.86. The molecule has 1 N–H and O–H groups in total. The van der Waals surface area contributed by atoms with E-state index in [0.29, 0.717) is 11.2 Å². The van der Waals surface area contributed by atoms with E-state index >= 15 is 0 Å². The van der Waals surface area contributed by atoms with Gasteiger partial charge in [0.15, 0.2) is 0 Å². The second kappa shape index (κ2) is 4.95. The number of benzene rings is 2. The molecular weight excluding hydrogens is 389 g/mol. The summed E-state index contributed by atoms with van der Waals surface area (Å²) in [7, 11) is 0. The topological polar surface area (TPSA) is 50.7 Å². The van der Waals surface area contributed by atoms with Crippen molar-refractivity contribution in [3.8, 4) is 5.69 Å². The van der Waals surface area contributed by atoms with Gasteiger partial charge >= 0.3 is 0 Å². The number of hydrogen-bond donors (Lipinski definition) is 1. The molecule has 0 fully saturated rings. The van der Waals surface area contributed by atoms with Crippen LogP contribution in [0.3, 0.4) is 0 Å². The maximum atomic E-state index is 12.9. The quantitative estimate of drug-likeness (QED) is 0.494. The van der Waals surface area contributed by atoms with Crippen LogP contribution in [0.25, 0.3) is 27.5 Å². The lowest BCUT2D eigenvalue weighted by Crippen LogP contribution is -2.22. The predicted molar refractivity (Wildman–Crippen MR) is 96.7 cm³/mol. The molecule has 0 saturated heterocycles. The minimum absolute atomic E-state index is 0.0363. The number of H-pyrrole nitrogens is 1. The number of para-hydroxylation sites is 1. The maximum absolute atomic E-state index is 12.9. The third-order valence-electron chi connectivity index (χ3n) is 3.81. The van der Waals surface area contributed by atoms with Gasteiger partial charge in [-0.25, -0.2) is 4.98 Å². The highest BCUT2D eigenvalue weighted by Gasteiger charge is 2.13. The first-order valence-corrected chi connectivity index (χ1v) is 7.98. The normalized spacial score (nSPS) is 11.4. The summed E-state index contributed by atoms with van der Waals surface area (Å²) in [4.78, 5) is 20.7. The van der Waals surface area contributed by atoms with Crippen molar-refractivity contribution >= 4 is 44.4 Å². The molecule has 0 saturated carbocycles. The van der Waals surface area contributed by atoms with Crippen LogP contribution in [-0.4, -0.2) is 14.5 Å². The van der Waals surface area contributed by atoms with Crippen LogP contribution < -0.4 is 5.56 Å². The number of nitrogens with zero attached hydrogens (tertiary/aromatic N) is 2. The zero-order chi connectivity index (χ0) is 15.3. The minimum atomic E-state index is -0.0363. The lowest BCUT2D eigenvalue weighted by molar-refractivity contribution is 0.900. The fourth-order valence-electron chi connectivity index (χ4n) is 2.79. The minimum Gasteiger partial charge on any atom is -0.359 e. The van der Waals surface area contributed by atoms with Gasteiger partial charge in [0, 0.05) is 20.7 Å². The molecule has 4 rings (SSSR count). The van der Waals surface area contributed by atoms with E-state index in [1.165, 1.54) is 0 Å². The first-order chi connectivity index (χ1) is 10.6. The number of aromatic nitrogens is 3. The Morgan fingerprint density at radius 3 is 2.82 bits per heavy atom. The molecule has 0 aliphatic rings. The highest BCUT2D eigenvalue weighted by atomic mass is 127. The van der Waals surface area contributed by atoms with Crippen LogP contribution in [0, 0.1) is 10.5 Å². The van der Waals surface area contributed by atoms with Crippen molar-refractivity contribution in [2.24, 2.45) is 0 Å². The summed E-state index contributed by atoms with van der Waals surface area (Å²) in [5.41, 5.74) is 2.54. The molecule has 4 nitrogen and oxygen atoms in total. The van der Waals surface area contributed by atoms with E-state index in [-0.39, 0.29) is 5.56 Å². The summed E-state index contributed by atoms with van der Waals surface area (Å²) in [6.45, 7) is 1.86. The van der Waals surface area contributed by atoms with E-state index in [4.69, 9.17) is 0 Å². The number of hydrogen-bond acceptors (Lipinski definition) is 2. The molecule has 0 atom stereocenters. The van der Waals surface area contributed by atoms with E-state index in [1.54, 1.807) is 4.57 Å². The van der Waals surface area contributed by atoms with Gasteiger partial charge in [0.2, 0.25) is 0 Å². The van der Waals surface area contributed by atoms with E-state index in [0.717, 1.165) is 25.7 Å². The summed E-state index contributed by atoms with van der Waals surface area (Å²) >= 11 is 2.21. The lowest BCUT2D eigenvalue weighted by Gasteiger charge is -2.10. The molecule has 108 valence electrons. The molecule has 22 heavy (non-hydrogen) atoms. The molecular formula is C17H12IN3O. The summed E-state index contributed by atoms with van der Waals surface area (Å²) in [6, 6.07) is 13.7. The molecule has 2 aromatic heterocycles. The van der Waals surface area contributed by atoms with Gasteiger partial charge in [-0.1, -0.05) is 18.2 Å². The molecule has 0 unspecified atom stereocenters. The Kier molecular flexibility index (Phi) is 3.04. The van der Waals surface area contributed by atoms with Gasteiger partial charge in [-0.05, 0) is 53.8 Å². The molecule has 4 aromatic rings. The molecule has 0 spiro atoms. The van der Waals surface area contributed by atoms with Crippen molar-refractivity contribution in [1.29, 1.82) is 0 Å². The average molecular weight is 401 g/mol. The van der Waals surface area contributed by atoms with Crippen LogP contribution in [0.15, 0.2) is 53.5 Å². The SMILES string of the molecule is Cc1nc2ccc(I)cc2c(=O)n1-c1c[nH]c2ccccc12. The van der Waals surface area contributed by atoms with Crippen molar-refractivity contribution in [2.45, 2.75) is 6.92 Å². The number of aryl methyl sites for hydroxylation is 1. The van der Waals surface area contributed by atoms with Crippen LogP contribution in [0.5, 0.6) is 0 Å². The average Bonchev–Trinajstić information content (AvgIpc) is 2.92.